The van der Waals surface area contributed by atoms with Crippen LogP contribution in [0.15, 0.2) is 54.6 Å². The molecule has 0 aromatic heterocycles. The first kappa shape index (κ1) is 15.1. The molecule has 2 rings (SSSR count). The molecule has 0 aliphatic carbocycles. The molecule has 0 spiro atoms. The lowest BCUT2D eigenvalue weighted by molar-refractivity contribution is 0.251. The molecule has 2 N–H and O–H groups in total. The number of benzene rings is 2. The predicted octanol–water partition coefficient (Wildman–Crippen LogP) is 4.52. The molecule has 2 aromatic rings. The first-order valence-corrected chi connectivity index (χ1v) is 7.38. The van der Waals surface area contributed by atoms with Gasteiger partial charge in [-0.3, -0.25) is 0 Å². The molecule has 1 atom stereocenters. The normalized spacial score (nSPS) is 11.7. The van der Waals surface area contributed by atoms with E-state index in [4.69, 9.17) is 0 Å². The quantitative estimate of drug-likeness (QED) is 0.831. The fourth-order valence-corrected chi connectivity index (χ4v) is 2.21. The zero-order chi connectivity index (χ0) is 15.1. The van der Waals surface area contributed by atoms with E-state index in [1.54, 1.807) is 0 Å². The number of carbonyl (C=O) groups excluding carboxylic acids is 1. The van der Waals surface area contributed by atoms with Crippen LogP contribution < -0.4 is 10.6 Å². The highest BCUT2D eigenvalue weighted by Crippen LogP contribution is 2.26. The summed E-state index contributed by atoms with van der Waals surface area (Å²) in [5, 5.41) is 5.83. The van der Waals surface area contributed by atoms with E-state index in [1.807, 2.05) is 48.5 Å². The van der Waals surface area contributed by atoms with Crippen LogP contribution in [-0.2, 0) is 6.54 Å². The van der Waals surface area contributed by atoms with Gasteiger partial charge in [0.2, 0.25) is 0 Å². The van der Waals surface area contributed by atoms with E-state index < -0.39 is 0 Å². The molecule has 0 saturated carbocycles. The van der Waals surface area contributed by atoms with Crippen molar-refractivity contribution in [2.75, 3.05) is 5.32 Å². The highest BCUT2D eigenvalue weighted by molar-refractivity contribution is 5.90. The Hall–Kier alpha value is -2.29. The zero-order valence-corrected chi connectivity index (χ0v) is 12.6. The average Bonchev–Trinajstić information content (AvgIpc) is 2.54. The zero-order valence-electron chi connectivity index (χ0n) is 12.6. The Morgan fingerprint density at radius 1 is 1.05 bits per heavy atom. The summed E-state index contributed by atoms with van der Waals surface area (Å²) in [6.45, 7) is 4.84. The maximum Gasteiger partial charge on any atom is 0.319 e. The second-order valence-corrected chi connectivity index (χ2v) is 5.19. The van der Waals surface area contributed by atoms with Gasteiger partial charge in [-0.15, -0.1) is 0 Å². The summed E-state index contributed by atoms with van der Waals surface area (Å²) >= 11 is 0. The van der Waals surface area contributed by atoms with Crippen molar-refractivity contribution in [2.45, 2.75) is 32.7 Å². The first-order valence-electron chi connectivity index (χ1n) is 7.38. The summed E-state index contributed by atoms with van der Waals surface area (Å²) in [5.74, 6) is 0.427. The van der Waals surface area contributed by atoms with Crippen LogP contribution in [0.5, 0.6) is 0 Å². The number of rotatable bonds is 5. The smallest absolute Gasteiger partial charge is 0.319 e. The van der Waals surface area contributed by atoms with Gasteiger partial charge in [-0.25, -0.2) is 4.79 Å². The van der Waals surface area contributed by atoms with E-state index in [1.165, 1.54) is 5.56 Å². The molecular formula is C18H22N2O. The lowest BCUT2D eigenvalue weighted by Crippen LogP contribution is -2.28. The summed E-state index contributed by atoms with van der Waals surface area (Å²) in [7, 11) is 0. The Labute approximate surface area is 126 Å². The highest BCUT2D eigenvalue weighted by atomic mass is 16.2. The number of carbonyl (C=O) groups is 1. The Morgan fingerprint density at radius 3 is 2.43 bits per heavy atom. The Bertz CT molecular complexity index is 581. The molecular weight excluding hydrogens is 260 g/mol. The number of anilines is 1. The van der Waals surface area contributed by atoms with Crippen molar-refractivity contribution in [1.82, 2.24) is 5.32 Å². The van der Waals surface area contributed by atoms with Crippen molar-refractivity contribution in [3.8, 4) is 0 Å². The summed E-state index contributed by atoms with van der Waals surface area (Å²) < 4.78 is 0. The van der Waals surface area contributed by atoms with Gasteiger partial charge in [-0.1, -0.05) is 62.4 Å². The number of hydrogen-bond acceptors (Lipinski definition) is 1. The van der Waals surface area contributed by atoms with E-state index in [9.17, 15) is 4.79 Å². The molecule has 2 amide bonds. The Balaban J connectivity index is 1.97. The molecule has 0 saturated heterocycles. The monoisotopic (exact) mass is 282 g/mol. The second-order valence-electron chi connectivity index (χ2n) is 5.19. The van der Waals surface area contributed by atoms with Crippen molar-refractivity contribution in [1.29, 1.82) is 0 Å². The lowest BCUT2D eigenvalue weighted by atomic mass is 9.97. The van der Waals surface area contributed by atoms with Gasteiger partial charge in [0, 0.05) is 12.2 Å². The Morgan fingerprint density at radius 2 is 1.71 bits per heavy atom. The van der Waals surface area contributed by atoms with Crippen molar-refractivity contribution in [2.24, 2.45) is 0 Å². The fourth-order valence-electron chi connectivity index (χ4n) is 2.21. The molecule has 3 nitrogen and oxygen atoms in total. The van der Waals surface area contributed by atoms with Crippen molar-refractivity contribution >= 4 is 11.7 Å². The molecule has 3 heteroatoms. The van der Waals surface area contributed by atoms with Crippen LogP contribution in [0.3, 0.4) is 0 Å². The van der Waals surface area contributed by atoms with Gasteiger partial charge in [-0.05, 0) is 29.5 Å². The number of para-hydroxylation sites is 1. The molecule has 0 aliphatic rings. The number of urea groups is 1. The molecule has 0 aliphatic heterocycles. The van der Waals surface area contributed by atoms with E-state index in [-0.39, 0.29) is 6.03 Å². The average molecular weight is 282 g/mol. The van der Waals surface area contributed by atoms with Crippen molar-refractivity contribution in [3.63, 3.8) is 0 Å². The van der Waals surface area contributed by atoms with Crippen molar-refractivity contribution in [3.05, 3.63) is 65.7 Å². The van der Waals surface area contributed by atoms with Gasteiger partial charge in [-0.2, -0.15) is 0 Å². The lowest BCUT2D eigenvalue weighted by Gasteiger charge is -2.16. The third-order valence-corrected chi connectivity index (χ3v) is 3.65. The summed E-state index contributed by atoms with van der Waals surface area (Å²) in [5.41, 5.74) is 3.15. The van der Waals surface area contributed by atoms with E-state index in [0.29, 0.717) is 12.5 Å². The molecule has 2 aromatic carbocycles. The molecule has 0 radical (unpaired) electrons. The van der Waals surface area contributed by atoms with Gasteiger partial charge < -0.3 is 10.6 Å². The molecule has 1 unspecified atom stereocenters. The van der Waals surface area contributed by atoms with E-state index in [2.05, 4.69) is 30.5 Å². The fraction of sp³-hybridized carbons (Fsp3) is 0.278. The maximum absolute atomic E-state index is 12.0. The van der Waals surface area contributed by atoms with Crippen LogP contribution in [0.1, 0.15) is 37.3 Å². The minimum absolute atomic E-state index is 0.172. The largest absolute Gasteiger partial charge is 0.334 e. The number of amides is 2. The minimum atomic E-state index is -0.172. The summed E-state index contributed by atoms with van der Waals surface area (Å²) in [4.78, 5) is 12.0. The van der Waals surface area contributed by atoms with Gasteiger partial charge in [0.15, 0.2) is 0 Å². The molecule has 0 heterocycles. The van der Waals surface area contributed by atoms with Crippen LogP contribution in [0.4, 0.5) is 10.5 Å². The van der Waals surface area contributed by atoms with Crippen LogP contribution >= 0.6 is 0 Å². The number of hydrogen-bond donors (Lipinski definition) is 2. The van der Waals surface area contributed by atoms with Crippen LogP contribution in [0.25, 0.3) is 0 Å². The molecule has 0 bridgehead atoms. The van der Waals surface area contributed by atoms with Crippen molar-refractivity contribution < 1.29 is 4.79 Å². The maximum atomic E-state index is 12.0. The molecule has 0 fully saturated rings. The number of nitrogens with one attached hydrogen (secondary N) is 2. The third-order valence-electron chi connectivity index (χ3n) is 3.65. The second kappa shape index (κ2) is 7.48. The Kier molecular flexibility index (Phi) is 5.38. The highest BCUT2D eigenvalue weighted by Gasteiger charge is 2.10. The topological polar surface area (TPSA) is 41.1 Å². The van der Waals surface area contributed by atoms with Gasteiger partial charge in [0.05, 0.1) is 0 Å². The molecule has 110 valence electrons. The van der Waals surface area contributed by atoms with Crippen LogP contribution in [-0.4, -0.2) is 6.03 Å². The summed E-state index contributed by atoms with van der Waals surface area (Å²) in [6, 6.07) is 17.7. The molecule has 21 heavy (non-hydrogen) atoms. The van der Waals surface area contributed by atoms with E-state index in [0.717, 1.165) is 17.7 Å². The van der Waals surface area contributed by atoms with Crippen LogP contribution in [0.2, 0.25) is 0 Å². The van der Waals surface area contributed by atoms with Crippen LogP contribution in [0, 0.1) is 0 Å². The summed E-state index contributed by atoms with van der Waals surface area (Å²) in [6.07, 6.45) is 1.05. The predicted molar refractivity (Wildman–Crippen MR) is 87.4 cm³/mol. The van der Waals surface area contributed by atoms with Gasteiger partial charge in [0.25, 0.3) is 0 Å². The van der Waals surface area contributed by atoms with Gasteiger partial charge >= 0.3 is 6.03 Å². The third kappa shape index (κ3) is 4.35. The first-order chi connectivity index (χ1) is 10.2. The standard InChI is InChI=1S/C18H22N2O/c1-3-14(2)16-11-7-8-12-17(16)20-18(21)19-13-15-9-5-4-6-10-15/h4-12,14H,3,13H2,1-2H3,(H2,19,20,21). The van der Waals surface area contributed by atoms with E-state index >= 15 is 0 Å². The van der Waals surface area contributed by atoms with Gasteiger partial charge in [0.1, 0.15) is 0 Å². The minimum Gasteiger partial charge on any atom is -0.334 e. The SMILES string of the molecule is CCC(C)c1ccccc1NC(=O)NCc1ccccc1.